The number of amides is 2. The number of nitrogens with one attached hydrogen (secondary N) is 2. The van der Waals surface area contributed by atoms with E-state index in [1.165, 1.54) is 4.88 Å². The van der Waals surface area contributed by atoms with Gasteiger partial charge in [0.15, 0.2) is 0 Å². The minimum absolute atomic E-state index is 0.113. The van der Waals surface area contributed by atoms with Crippen LogP contribution in [0.3, 0.4) is 0 Å². The van der Waals surface area contributed by atoms with E-state index in [-0.39, 0.29) is 24.7 Å². The molecule has 0 radical (unpaired) electrons. The number of benzene rings is 1. The average molecular weight is 329 g/mol. The lowest BCUT2D eigenvalue weighted by Crippen LogP contribution is -2.25. The van der Waals surface area contributed by atoms with Crippen molar-refractivity contribution in [3.63, 3.8) is 0 Å². The first-order chi connectivity index (χ1) is 11.1. The van der Waals surface area contributed by atoms with Crippen LogP contribution in [0.2, 0.25) is 0 Å². The Kier molecular flexibility index (Phi) is 6.50. The Morgan fingerprint density at radius 2 is 1.83 bits per heavy atom. The molecule has 5 nitrogen and oxygen atoms in total. The van der Waals surface area contributed by atoms with Crippen LogP contribution in [0.4, 0.5) is 0 Å². The summed E-state index contributed by atoms with van der Waals surface area (Å²) in [6, 6.07) is 13.6. The maximum Gasteiger partial charge on any atom is 0.240 e. The first-order valence-electron chi connectivity index (χ1n) is 7.32. The van der Waals surface area contributed by atoms with Crippen molar-refractivity contribution < 1.29 is 9.59 Å². The molecule has 2 amide bonds. The molecule has 6 heteroatoms. The molecule has 0 atom stereocenters. The topological polar surface area (TPSA) is 70.6 Å². The van der Waals surface area contributed by atoms with Crippen LogP contribution in [-0.4, -0.2) is 18.0 Å². The predicted molar refractivity (Wildman–Crippen MR) is 92.3 cm³/mol. The summed E-state index contributed by atoms with van der Waals surface area (Å²) in [5.41, 5.74) is 3.46. The Labute approximate surface area is 139 Å². The fraction of sp³-hybridized carbons (Fsp3) is 0.235. The van der Waals surface area contributed by atoms with Gasteiger partial charge in [0.25, 0.3) is 0 Å². The van der Waals surface area contributed by atoms with Gasteiger partial charge in [0.1, 0.15) is 0 Å². The van der Waals surface area contributed by atoms with Crippen LogP contribution in [-0.2, 0) is 16.1 Å². The minimum atomic E-state index is -0.274. The van der Waals surface area contributed by atoms with Crippen LogP contribution in [0.25, 0.3) is 0 Å². The normalized spacial score (nSPS) is 10.7. The first kappa shape index (κ1) is 16.9. The number of carbonyl (C=O) groups is 2. The lowest BCUT2D eigenvalue weighted by atomic mass is 10.2. The highest BCUT2D eigenvalue weighted by Gasteiger charge is 2.06. The number of thiophene rings is 1. The second kappa shape index (κ2) is 8.85. The molecule has 0 aliphatic heterocycles. The van der Waals surface area contributed by atoms with Gasteiger partial charge < -0.3 is 5.32 Å². The molecule has 2 aromatic rings. The molecule has 23 heavy (non-hydrogen) atoms. The molecule has 2 rings (SSSR count). The lowest BCUT2D eigenvalue weighted by molar-refractivity contribution is -0.126. The smallest absolute Gasteiger partial charge is 0.240 e. The SMILES string of the molecule is Cc1ccc(C=NNC(=O)CCC(=O)NCc2ccccc2)s1. The van der Waals surface area contributed by atoms with Gasteiger partial charge in [-0.2, -0.15) is 5.10 Å². The molecule has 1 aromatic carbocycles. The molecule has 0 aliphatic rings. The second-order valence-corrected chi connectivity index (χ2v) is 6.32. The third kappa shape index (κ3) is 6.44. The highest BCUT2D eigenvalue weighted by molar-refractivity contribution is 7.13. The number of nitrogens with zero attached hydrogens (tertiary/aromatic N) is 1. The molecular formula is C17H19N3O2S. The van der Waals surface area contributed by atoms with Gasteiger partial charge >= 0.3 is 0 Å². The van der Waals surface area contributed by atoms with E-state index in [2.05, 4.69) is 15.8 Å². The van der Waals surface area contributed by atoms with Crippen molar-refractivity contribution >= 4 is 29.4 Å². The van der Waals surface area contributed by atoms with Crippen molar-refractivity contribution in [3.8, 4) is 0 Å². The van der Waals surface area contributed by atoms with Crippen LogP contribution in [0.5, 0.6) is 0 Å². The minimum Gasteiger partial charge on any atom is -0.352 e. The van der Waals surface area contributed by atoms with Gasteiger partial charge in [0, 0.05) is 29.1 Å². The molecule has 0 aliphatic carbocycles. The van der Waals surface area contributed by atoms with Gasteiger partial charge in [-0.15, -0.1) is 11.3 Å². The molecule has 0 saturated carbocycles. The number of hydrogen-bond acceptors (Lipinski definition) is 4. The van der Waals surface area contributed by atoms with Crippen LogP contribution in [0, 0.1) is 6.92 Å². The van der Waals surface area contributed by atoms with Gasteiger partial charge in [0.05, 0.1) is 6.21 Å². The lowest BCUT2D eigenvalue weighted by Gasteiger charge is -2.04. The molecule has 2 N–H and O–H groups in total. The second-order valence-electron chi connectivity index (χ2n) is 5.00. The van der Waals surface area contributed by atoms with E-state index in [0.717, 1.165) is 10.4 Å². The summed E-state index contributed by atoms with van der Waals surface area (Å²) in [4.78, 5) is 25.5. The maximum absolute atomic E-state index is 11.7. The zero-order valence-corrected chi connectivity index (χ0v) is 13.7. The third-order valence-electron chi connectivity index (χ3n) is 3.05. The Hall–Kier alpha value is -2.47. The Bertz CT molecular complexity index is 680. The van der Waals surface area contributed by atoms with E-state index < -0.39 is 0 Å². The Morgan fingerprint density at radius 1 is 1.09 bits per heavy atom. The van der Waals surface area contributed by atoms with E-state index in [1.54, 1.807) is 17.6 Å². The fourth-order valence-electron chi connectivity index (χ4n) is 1.86. The quantitative estimate of drug-likeness (QED) is 0.605. The molecular weight excluding hydrogens is 310 g/mol. The summed E-state index contributed by atoms with van der Waals surface area (Å²) in [7, 11) is 0. The summed E-state index contributed by atoms with van der Waals surface area (Å²) < 4.78 is 0. The molecule has 0 spiro atoms. The highest BCUT2D eigenvalue weighted by atomic mass is 32.1. The number of aryl methyl sites for hydroxylation is 1. The van der Waals surface area contributed by atoms with E-state index in [4.69, 9.17) is 0 Å². The van der Waals surface area contributed by atoms with Gasteiger partial charge in [-0.25, -0.2) is 5.43 Å². The van der Waals surface area contributed by atoms with E-state index >= 15 is 0 Å². The molecule has 0 saturated heterocycles. The number of rotatable bonds is 7. The van der Waals surface area contributed by atoms with Gasteiger partial charge in [-0.05, 0) is 24.6 Å². The van der Waals surface area contributed by atoms with Crippen LogP contribution >= 0.6 is 11.3 Å². The molecule has 1 heterocycles. The van der Waals surface area contributed by atoms with Crippen molar-refractivity contribution in [1.29, 1.82) is 0 Å². The summed E-state index contributed by atoms with van der Waals surface area (Å²) in [6.45, 7) is 2.48. The molecule has 1 aromatic heterocycles. The van der Waals surface area contributed by atoms with Crippen molar-refractivity contribution in [1.82, 2.24) is 10.7 Å². The van der Waals surface area contributed by atoms with Crippen molar-refractivity contribution in [3.05, 3.63) is 57.8 Å². The van der Waals surface area contributed by atoms with Crippen molar-refractivity contribution in [2.75, 3.05) is 0 Å². The summed E-state index contributed by atoms with van der Waals surface area (Å²) in [5, 5.41) is 6.66. The zero-order valence-electron chi connectivity index (χ0n) is 12.9. The van der Waals surface area contributed by atoms with Crippen molar-refractivity contribution in [2.45, 2.75) is 26.3 Å². The zero-order chi connectivity index (χ0) is 16.5. The molecule has 120 valence electrons. The van der Waals surface area contributed by atoms with E-state index in [1.807, 2.05) is 49.4 Å². The molecule has 0 bridgehead atoms. The van der Waals surface area contributed by atoms with Crippen LogP contribution < -0.4 is 10.7 Å². The highest BCUT2D eigenvalue weighted by Crippen LogP contribution is 2.12. The molecule has 0 fully saturated rings. The monoisotopic (exact) mass is 329 g/mol. The third-order valence-corrected chi connectivity index (χ3v) is 3.99. The Morgan fingerprint density at radius 3 is 2.52 bits per heavy atom. The average Bonchev–Trinajstić information content (AvgIpc) is 2.97. The number of hydrogen-bond donors (Lipinski definition) is 2. The number of carbonyl (C=O) groups excluding carboxylic acids is 2. The standard InChI is InChI=1S/C17H19N3O2S/c1-13-7-8-15(23-13)12-19-20-17(22)10-9-16(21)18-11-14-5-3-2-4-6-14/h2-8,12H,9-11H2,1H3,(H,18,21)(H,20,22). The van der Waals surface area contributed by atoms with Gasteiger partial charge in [-0.1, -0.05) is 30.3 Å². The Balaban J connectivity index is 1.63. The largest absolute Gasteiger partial charge is 0.352 e. The van der Waals surface area contributed by atoms with E-state index in [9.17, 15) is 9.59 Å². The van der Waals surface area contributed by atoms with Crippen LogP contribution in [0.15, 0.2) is 47.6 Å². The first-order valence-corrected chi connectivity index (χ1v) is 8.14. The van der Waals surface area contributed by atoms with E-state index in [0.29, 0.717) is 6.54 Å². The molecule has 0 unspecified atom stereocenters. The summed E-state index contributed by atoms with van der Waals surface area (Å²) in [5.74, 6) is -0.425. The van der Waals surface area contributed by atoms with Crippen molar-refractivity contribution in [2.24, 2.45) is 5.10 Å². The van der Waals surface area contributed by atoms with Gasteiger partial charge in [0.2, 0.25) is 11.8 Å². The summed E-state index contributed by atoms with van der Waals surface area (Å²) in [6.07, 6.45) is 1.86. The number of hydrazone groups is 1. The maximum atomic E-state index is 11.7. The predicted octanol–water partition coefficient (Wildman–Crippen LogP) is 2.60. The fourth-order valence-corrected chi connectivity index (χ4v) is 2.61. The van der Waals surface area contributed by atoms with Gasteiger partial charge in [-0.3, -0.25) is 9.59 Å². The summed E-state index contributed by atoms with van der Waals surface area (Å²) >= 11 is 1.60. The van der Waals surface area contributed by atoms with Crippen LogP contribution in [0.1, 0.15) is 28.2 Å².